The van der Waals surface area contributed by atoms with E-state index in [-0.39, 0.29) is 0 Å². The van der Waals surface area contributed by atoms with Crippen molar-refractivity contribution in [1.82, 2.24) is 4.90 Å². The molecule has 2 atom stereocenters. The zero-order valence-corrected chi connectivity index (χ0v) is 11.0. The number of hydrogen-bond donors (Lipinski definition) is 0. The molecule has 0 spiro atoms. The Balaban J connectivity index is 1.78. The molecular weight excluding hydrogens is 228 g/mol. The van der Waals surface area contributed by atoms with E-state index in [0.29, 0.717) is 12.0 Å². The zero-order valence-electron chi connectivity index (χ0n) is 10.2. The summed E-state index contributed by atoms with van der Waals surface area (Å²) in [5.74, 6) is 1.80. The van der Waals surface area contributed by atoms with Crippen molar-refractivity contribution in [3.63, 3.8) is 0 Å². The Bertz CT molecular complexity index is 415. The summed E-state index contributed by atoms with van der Waals surface area (Å²) in [6, 6.07) is 11.4. The summed E-state index contributed by atoms with van der Waals surface area (Å²) in [7, 11) is 0. The third kappa shape index (κ3) is 2.08. The van der Waals surface area contributed by atoms with Gasteiger partial charge in [-0.1, -0.05) is 49.0 Å². The van der Waals surface area contributed by atoms with Gasteiger partial charge in [0.2, 0.25) is 0 Å². The molecule has 2 nitrogen and oxygen atoms in total. The van der Waals surface area contributed by atoms with Crippen molar-refractivity contribution in [1.29, 1.82) is 0 Å². The van der Waals surface area contributed by atoms with Crippen LogP contribution < -0.4 is 0 Å². The number of amidine groups is 1. The molecule has 1 aromatic carbocycles. The Morgan fingerprint density at radius 3 is 3.00 bits per heavy atom. The summed E-state index contributed by atoms with van der Waals surface area (Å²) < 4.78 is 0. The van der Waals surface area contributed by atoms with Gasteiger partial charge >= 0.3 is 0 Å². The minimum absolute atomic E-state index is 0.566. The number of rotatable bonds is 2. The molecule has 0 N–H and O–H groups in total. The maximum absolute atomic E-state index is 4.69. The largest absolute Gasteiger partial charge is 0.346 e. The fourth-order valence-electron chi connectivity index (χ4n) is 2.70. The molecule has 2 aliphatic rings. The highest BCUT2D eigenvalue weighted by molar-refractivity contribution is 8.13. The number of hydrogen-bond acceptors (Lipinski definition) is 3. The molecule has 3 heteroatoms. The highest BCUT2D eigenvalue weighted by atomic mass is 32.2. The van der Waals surface area contributed by atoms with E-state index in [1.807, 2.05) is 11.8 Å². The Labute approximate surface area is 107 Å². The Morgan fingerprint density at radius 1 is 1.35 bits per heavy atom. The van der Waals surface area contributed by atoms with Crippen molar-refractivity contribution >= 4 is 16.9 Å². The van der Waals surface area contributed by atoms with Crippen LogP contribution in [0.15, 0.2) is 35.3 Å². The van der Waals surface area contributed by atoms with E-state index in [9.17, 15) is 0 Å². The van der Waals surface area contributed by atoms with Crippen LogP contribution in [0.5, 0.6) is 0 Å². The van der Waals surface area contributed by atoms with Crippen molar-refractivity contribution in [2.75, 3.05) is 18.8 Å². The first kappa shape index (κ1) is 11.1. The van der Waals surface area contributed by atoms with Crippen LogP contribution in [0, 0.1) is 0 Å². The molecular formula is C14H18N2S. The summed E-state index contributed by atoms with van der Waals surface area (Å²) in [6.07, 6.45) is 1.29. The van der Waals surface area contributed by atoms with E-state index < -0.39 is 0 Å². The van der Waals surface area contributed by atoms with Gasteiger partial charge in [0.25, 0.3) is 0 Å². The minimum Gasteiger partial charge on any atom is -0.346 e. The number of nitrogens with zero attached hydrogens (tertiary/aromatic N) is 2. The monoisotopic (exact) mass is 246 g/mol. The molecule has 0 aromatic heterocycles. The number of benzene rings is 1. The van der Waals surface area contributed by atoms with Crippen LogP contribution in [0.1, 0.15) is 24.8 Å². The lowest BCUT2D eigenvalue weighted by atomic mass is 9.93. The molecule has 2 heterocycles. The van der Waals surface area contributed by atoms with Gasteiger partial charge in [-0.25, -0.2) is 0 Å². The lowest BCUT2D eigenvalue weighted by molar-refractivity contribution is 0.309. The van der Waals surface area contributed by atoms with E-state index in [4.69, 9.17) is 4.99 Å². The Kier molecular flexibility index (Phi) is 3.10. The van der Waals surface area contributed by atoms with Gasteiger partial charge in [0.05, 0.1) is 12.6 Å². The van der Waals surface area contributed by atoms with E-state index in [1.54, 1.807) is 0 Å². The number of fused-ring (bicyclic) bond motifs is 1. The molecule has 2 aliphatic heterocycles. The first-order chi connectivity index (χ1) is 8.36. The summed E-state index contributed by atoms with van der Waals surface area (Å²) in [6.45, 7) is 4.49. The second kappa shape index (κ2) is 4.73. The van der Waals surface area contributed by atoms with Crippen LogP contribution in [-0.2, 0) is 0 Å². The first-order valence-electron chi connectivity index (χ1n) is 6.35. The minimum atomic E-state index is 0.566. The van der Waals surface area contributed by atoms with Gasteiger partial charge in [-0.15, -0.1) is 0 Å². The van der Waals surface area contributed by atoms with Gasteiger partial charge in [0.15, 0.2) is 5.17 Å². The molecule has 0 bridgehead atoms. The van der Waals surface area contributed by atoms with Crippen molar-refractivity contribution in [2.24, 2.45) is 4.99 Å². The first-order valence-corrected chi connectivity index (χ1v) is 7.33. The van der Waals surface area contributed by atoms with Crippen LogP contribution in [0.2, 0.25) is 0 Å². The molecule has 0 radical (unpaired) electrons. The zero-order chi connectivity index (χ0) is 11.7. The maximum Gasteiger partial charge on any atom is 0.159 e. The van der Waals surface area contributed by atoms with E-state index in [2.05, 4.69) is 42.2 Å². The van der Waals surface area contributed by atoms with Crippen LogP contribution in [0.4, 0.5) is 0 Å². The average molecular weight is 246 g/mol. The second-order valence-corrected chi connectivity index (χ2v) is 5.85. The van der Waals surface area contributed by atoms with Gasteiger partial charge < -0.3 is 4.90 Å². The molecule has 0 aliphatic carbocycles. The fourth-order valence-corrected chi connectivity index (χ4v) is 3.71. The lowest BCUT2D eigenvalue weighted by Crippen LogP contribution is -2.41. The molecule has 0 amide bonds. The van der Waals surface area contributed by atoms with Gasteiger partial charge in [-0.2, -0.15) is 0 Å². The summed E-state index contributed by atoms with van der Waals surface area (Å²) >= 11 is 1.93. The molecule has 2 unspecified atom stereocenters. The van der Waals surface area contributed by atoms with Crippen LogP contribution in [-0.4, -0.2) is 35.0 Å². The molecule has 1 aromatic rings. The molecule has 90 valence electrons. The predicted molar refractivity (Wildman–Crippen MR) is 74.7 cm³/mol. The summed E-state index contributed by atoms with van der Waals surface area (Å²) in [4.78, 5) is 7.21. The Morgan fingerprint density at radius 2 is 2.18 bits per heavy atom. The van der Waals surface area contributed by atoms with Crippen molar-refractivity contribution in [2.45, 2.75) is 25.3 Å². The van der Waals surface area contributed by atoms with E-state index >= 15 is 0 Å². The molecule has 1 fully saturated rings. The molecule has 3 rings (SSSR count). The second-order valence-electron chi connectivity index (χ2n) is 4.79. The number of thioether (sulfide) groups is 1. The lowest BCUT2D eigenvalue weighted by Gasteiger charge is -2.34. The highest BCUT2D eigenvalue weighted by Crippen LogP contribution is 2.32. The van der Waals surface area contributed by atoms with Crippen molar-refractivity contribution < 1.29 is 0 Å². The molecule has 1 saturated heterocycles. The number of aliphatic imine (C=N–C) groups is 1. The van der Waals surface area contributed by atoms with Crippen LogP contribution in [0.3, 0.4) is 0 Å². The van der Waals surface area contributed by atoms with Gasteiger partial charge in [0.1, 0.15) is 0 Å². The van der Waals surface area contributed by atoms with Gasteiger partial charge in [-0.05, 0) is 12.0 Å². The topological polar surface area (TPSA) is 15.6 Å². The molecule has 17 heavy (non-hydrogen) atoms. The van der Waals surface area contributed by atoms with E-state index in [1.165, 1.54) is 29.4 Å². The fraction of sp³-hybridized carbons (Fsp3) is 0.500. The van der Waals surface area contributed by atoms with Crippen LogP contribution >= 0.6 is 11.8 Å². The predicted octanol–water partition coefficient (Wildman–Crippen LogP) is 2.97. The van der Waals surface area contributed by atoms with Gasteiger partial charge in [-0.3, -0.25) is 4.99 Å². The summed E-state index contributed by atoms with van der Waals surface area (Å²) in [5.41, 5.74) is 1.43. The Hall–Kier alpha value is -0.960. The summed E-state index contributed by atoms with van der Waals surface area (Å²) in [5, 5.41) is 1.28. The normalized spacial score (nSPS) is 25.4. The third-order valence-electron chi connectivity index (χ3n) is 3.74. The maximum atomic E-state index is 4.69. The molecule has 0 saturated carbocycles. The highest BCUT2D eigenvalue weighted by Gasteiger charge is 2.33. The van der Waals surface area contributed by atoms with Crippen molar-refractivity contribution in [3.8, 4) is 0 Å². The van der Waals surface area contributed by atoms with E-state index in [0.717, 1.165) is 6.54 Å². The smallest absolute Gasteiger partial charge is 0.159 e. The SMILES string of the molecule is CC(c1ccccc1)C1CN=C2SCCCN21. The van der Waals surface area contributed by atoms with Crippen molar-refractivity contribution in [3.05, 3.63) is 35.9 Å². The third-order valence-corrected chi connectivity index (χ3v) is 4.85. The quantitative estimate of drug-likeness (QED) is 0.797. The van der Waals surface area contributed by atoms with Crippen LogP contribution in [0.25, 0.3) is 0 Å². The van der Waals surface area contributed by atoms with Gasteiger partial charge in [0, 0.05) is 18.2 Å². The average Bonchev–Trinajstić information content (AvgIpc) is 2.83. The standard InChI is InChI=1S/C14H18N2S/c1-11(12-6-3-2-4-7-12)13-10-15-14-16(13)8-5-9-17-14/h2-4,6-7,11,13H,5,8-10H2,1H3.